The molecule has 0 amide bonds. The van der Waals surface area contributed by atoms with Gasteiger partial charge >= 0.3 is 0 Å². The molecule has 0 unspecified atom stereocenters. The van der Waals surface area contributed by atoms with Gasteiger partial charge in [0.05, 0.1) is 0 Å². The number of halogens is 2. The second-order valence-electron chi connectivity index (χ2n) is 2.78. The Morgan fingerprint density at radius 1 is 1.08 bits per heavy atom. The molecule has 1 aromatic carbocycles. The van der Waals surface area contributed by atoms with E-state index in [0.717, 1.165) is 16.3 Å². The Bertz CT molecular complexity index is 460. The van der Waals surface area contributed by atoms with E-state index in [1.807, 2.05) is 25.1 Å². The van der Waals surface area contributed by atoms with Crippen molar-refractivity contribution in [1.29, 1.82) is 0 Å². The molecule has 2 aromatic rings. The fourth-order valence-electron chi connectivity index (χ4n) is 1.31. The van der Waals surface area contributed by atoms with Crippen LogP contribution in [0.2, 0.25) is 10.3 Å². The summed E-state index contributed by atoms with van der Waals surface area (Å²) in [7, 11) is 0. The molecule has 0 spiro atoms. The molecule has 4 heteroatoms. The highest BCUT2D eigenvalue weighted by atomic mass is 35.5. The summed E-state index contributed by atoms with van der Waals surface area (Å²) in [5.41, 5.74) is 1.05. The van der Waals surface area contributed by atoms with Gasteiger partial charge in [-0.3, -0.25) is 0 Å². The van der Waals surface area contributed by atoms with Crippen LogP contribution in [0.5, 0.6) is 0 Å². The zero-order valence-electron chi connectivity index (χ0n) is 6.88. The Balaban J connectivity index is 3.00. The van der Waals surface area contributed by atoms with Crippen molar-refractivity contribution in [2.75, 3.05) is 0 Å². The van der Waals surface area contributed by atoms with E-state index in [1.54, 1.807) is 0 Å². The van der Waals surface area contributed by atoms with Crippen LogP contribution in [0.15, 0.2) is 18.2 Å². The second kappa shape index (κ2) is 3.13. The lowest BCUT2D eigenvalue weighted by Crippen LogP contribution is -1.88. The van der Waals surface area contributed by atoms with Crippen molar-refractivity contribution in [2.24, 2.45) is 0 Å². The summed E-state index contributed by atoms with van der Waals surface area (Å²) in [6.45, 7) is 1.96. The number of aromatic nitrogens is 2. The number of nitrogens with zero attached hydrogens (tertiary/aromatic N) is 2. The molecule has 2 nitrogen and oxygen atoms in total. The van der Waals surface area contributed by atoms with Crippen LogP contribution in [0.3, 0.4) is 0 Å². The van der Waals surface area contributed by atoms with Gasteiger partial charge < -0.3 is 0 Å². The minimum atomic E-state index is 0.392. The summed E-state index contributed by atoms with van der Waals surface area (Å²) in [4.78, 5) is 0. The summed E-state index contributed by atoms with van der Waals surface area (Å²) in [5.74, 6) is 0. The zero-order chi connectivity index (χ0) is 9.42. The van der Waals surface area contributed by atoms with Gasteiger partial charge in [-0.2, -0.15) is 0 Å². The minimum absolute atomic E-state index is 0.392. The van der Waals surface area contributed by atoms with E-state index in [-0.39, 0.29) is 0 Å². The van der Waals surface area contributed by atoms with Gasteiger partial charge in [-0.1, -0.05) is 41.4 Å². The van der Waals surface area contributed by atoms with E-state index in [0.29, 0.717) is 10.3 Å². The van der Waals surface area contributed by atoms with Gasteiger partial charge in [0.25, 0.3) is 0 Å². The average Bonchev–Trinajstić information content (AvgIpc) is 2.12. The number of aryl methyl sites for hydroxylation is 1. The molecule has 0 N–H and O–H groups in total. The average molecular weight is 213 g/mol. The van der Waals surface area contributed by atoms with Gasteiger partial charge in [0.1, 0.15) is 0 Å². The second-order valence-corrected chi connectivity index (χ2v) is 3.50. The van der Waals surface area contributed by atoms with Crippen LogP contribution in [-0.2, 0) is 0 Å². The van der Waals surface area contributed by atoms with Gasteiger partial charge in [0.2, 0.25) is 0 Å². The first-order chi connectivity index (χ1) is 6.20. The van der Waals surface area contributed by atoms with Gasteiger partial charge in [0, 0.05) is 10.8 Å². The zero-order valence-corrected chi connectivity index (χ0v) is 8.39. The standard InChI is InChI=1S/C9H6Cl2N2/c1-5-3-2-4-6-7(5)9(11)13-12-8(6)10/h2-4H,1H3. The quantitative estimate of drug-likeness (QED) is 0.671. The van der Waals surface area contributed by atoms with E-state index >= 15 is 0 Å². The van der Waals surface area contributed by atoms with Crippen LogP contribution in [0.1, 0.15) is 5.56 Å². The number of fused-ring (bicyclic) bond motifs is 1. The maximum absolute atomic E-state index is 5.90. The van der Waals surface area contributed by atoms with E-state index in [4.69, 9.17) is 23.2 Å². The summed E-state index contributed by atoms with van der Waals surface area (Å²) < 4.78 is 0. The Morgan fingerprint density at radius 2 is 1.77 bits per heavy atom. The fourth-order valence-corrected chi connectivity index (χ4v) is 1.79. The van der Waals surface area contributed by atoms with Crippen molar-refractivity contribution in [1.82, 2.24) is 10.2 Å². The van der Waals surface area contributed by atoms with Crippen LogP contribution in [0.25, 0.3) is 10.8 Å². The first-order valence-corrected chi connectivity index (χ1v) is 4.53. The minimum Gasteiger partial charge on any atom is -0.136 e. The predicted molar refractivity (Wildman–Crippen MR) is 54.3 cm³/mol. The normalized spacial score (nSPS) is 10.7. The maximum atomic E-state index is 5.90. The van der Waals surface area contributed by atoms with E-state index in [1.165, 1.54) is 0 Å². The molecule has 0 aliphatic carbocycles. The van der Waals surface area contributed by atoms with Crippen LogP contribution in [-0.4, -0.2) is 10.2 Å². The lowest BCUT2D eigenvalue weighted by atomic mass is 10.1. The molecule has 2 rings (SSSR count). The van der Waals surface area contributed by atoms with Gasteiger partial charge in [-0.05, 0) is 12.5 Å². The lowest BCUT2D eigenvalue weighted by Gasteiger charge is -2.03. The van der Waals surface area contributed by atoms with Gasteiger partial charge in [-0.25, -0.2) is 0 Å². The first-order valence-electron chi connectivity index (χ1n) is 3.77. The molecular weight excluding hydrogens is 207 g/mol. The van der Waals surface area contributed by atoms with Gasteiger partial charge in [0.15, 0.2) is 10.3 Å². The van der Waals surface area contributed by atoms with Crippen molar-refractivity contribution in [3.63, 3.8) is 0 Å². The number of benzene rings is 1. The van der Waals surface area contributed by atoms with E-state index < -0.39 is 0 Å². The highest BCUT2D eigenvalue weighted by Gasteiger charge is 2.07. The topological polar surface area (TPSA) is 25.8 Å². The van der Waals surface area contributed by atoms with Crippen molar-refractivity contribution in [2.45, 2.75) is 6.92 Å². The fraction of sp³-hybridized carbons (Fsp3) is 0.111. The van der Waals surface area contributed by atoms with Crippen molar-refractivity contribution >= 4 is 34.0 Å². The summed E-state index contributed by atoms with van der Waals surface area (Å²) in [5, 5.41) is 10.0. The van der Waals surface area contributed by atoms with Gasteiger partial charge in [-0.15, -0.1) is 10.2 Å². The number of rotatable bonds is 0. The molecule has 0 saturated carbocycles. The Labute approximate surface area is 85.5 Å². The molecule has 0 aliphatic rings. The molecule has 0 atom stereocenters. The summed E-state index contributed by atoms with van der Waals surface area (Å²) in [6, 6.07) is 5.76. The van der Waals surface area contributed by atoms with Crippen LogP contribution in [0, 0.1) is 6.92 Å². The molecule has 0 radical (unpaired) electrons. The first kappa shape index (κ1) is 8.73. The van der Waals surface area contributed by atoms with Crippen LogP contribution < -0.4 is 0 Å². The van der Waals surface area contributed by atoms with Crippen LogP contribution in [0.4, 0.5) is 0 Å². The molecule has 1 aromatic heterocycles. The van der Waals surface area contributed by atoms with Crippen LogP contribution >= 0.6 is 23.2 Å². The third-order valence-electron chi connectivity index (χ3n) is 1.93. The molecular formula is C9H6Cl2N2. The molecule has 1 heterocycles. The maximum Gasteiger partial charge on any atom is 0.159 e. The third-order valence-corrected chi connectivity index (χ3v) is 2.47. The van der Waals surface area contributed by atoms with E-state index in [9.17, 15) is 0 Å². The van der Waals surface area contributed by atoms with Crippen molar-refractivity contribution in [3.8, 4) is 0 Å². The molecule has 66 valence electrons. The van der Waals surface area contributed by atoms with Crippen molar-refractivity contribution < 1.29 is 0 Å². The molecule has 0 aliphatic heterocycles. The Kier molecular flexibility index (Phi) is 2.10. The molecule has 0 bridgehead atoms. The molecule has 0 fully saturated rings. The Hall–Kier alpha value is -0.860. The summed E-state index contributed by atoms with van der Waals surface area (Å²) in [6.07, 6.45) is 0. The highest BCUT2D eigenvalue weighted by Crippen LogP contribution is 2.28. The predicted octanol–water partition coefficient (Wildman–Crippen LogP) is 3.25. The number of hydrogen-bond donors (Lipinski definition) is 0. The SMILES string of the molecule is Cc1cccc2c(Cl)nnc(Cl)c12. The molecule has 0 saturated heterocycles. The van der Waals surface area contributed by atoms with E-state index in [2.05, 4.69) is 10.2 Å². The van der Waals surface area contributed by atoms with Crippen molar-refractivity contribution in [3.05, 3.63) is 34.1 Å². The monoisotopic (exact) mass is 212 g/mol. The number of hydrogen-bond acceptors (Lipinski definition) is 2. The lowest BCUT2D eigenvalue weighted by molar-refractivity contribution is 1.05. The summed E-state index contributed by atoms with van der Waals surface area (Å²) >= 11 is 11.8. The Morgan fingerprint density at radius 3 is 2.46 bits per heavy atom. The largest absolute Gasteiger partial charge is 0.159 e. The third kappa shape index (κ3) is 1.36. The smallest absolute Gasteiger partial charge is 0.136 e. The highest BCUT2D eigenvalue weighted by molar-refractivity contribution is 6.38. The molecule has 13 heavy (non-hydrogen) atoms.